The molecule has 1 aliphatic rings. The second-order valence-corrected chi connectivity index (χ2v) is 4.74. The first-order chi connectivity index (χ1) is 7.33. The molecule has 1 rings (SSSR count). The maximum Gasteiger partial charge on any atom is 0.0253 e. The predicted octanol–water partition coefficient (Wildman–Crippen LogP) is 4.73. The van der Waals surface area contributed by atoms with Crippen molar-refractivity contribution in [1.82, 2.24) is 0 Å². The van der Waals surface area contributed by atoms with Gasteiger partial charge in [0.25, 0.3) is 0 Å². The van der Waals surface area contributed by atoms with E-state index in [2.05, 4.69) is 31.1 Å². The van der Waals surface area contributed by atoms with Crippen LogP contribution in [0, 0.1) is 5.41 Å². The fourth-order valence-electron chi connectivity index (χ4n) is 2.25. The lowest BCUT2D eigenvalue weighted by Gasteiger charge is -2.23. The second-order valence-electron chi connectivity index (χ2n) is 4.74. The maximum absolute atomic E-state index is 4.29. The van der Waals surface area contributed by atoms with Crippen molar-refractivity contribution in [3.63, 3.8) is 0 Å². The Morgan fingerprint density at radius 3 is 1.93 bits per heavy atom. The highest BCUT2D eigenvalue weighted by molar-refractivity contribution is 5.72. The van der Waals surface area contributed by atoms with Crippen LogP contribution >= 0.6 is 0 Å². The Labute approximate surface area is 94.7 Å². The van der Waals surface area contributed by atoms with E-state index in [1.165, 1.54) is 51.4 Å². The van der Waals surface area contributed by atoms with E-state index in [1.54, 1.807) is 0 Å². The number of aliphatic imine (C=N–C) groups is 1. The van der Waals surface area contributed by atoms with Crippen LogP contribution in [0.1, 0.15) is 65.2 Å². The van der Waals surface area contributed by atoms with E-state index in [0.717, 1.165) is 0 Å². The van der Waals surface area contributed by atoms with Gasteiger partial charge < -0.3 is 0 Å². The number of rotatable bonds is 8. The SMILES string of the molecule is CCCCCC1(CCCCC)C=CN=C1. The average Bonchev–Trinajstić information content (AvgIpc) is 2.68. The van der Waals surface area contributed by atoms with Crippen molar-refractivity contribution >= 4 is 6.21 Å². The lowest BCUT2D eigenvalue weighted by atomic mass is 9.80. The standard InChI is InChI=1S/C14H25N/c1-3-5-7-9-14(10-8-6-4-2)11-12-15-13-14/h11-13H,3-10H2,1-2H3. The first-order valence-electron chi connectivity index (χ1n) is 6.55. The van der Waals surface area contributed by atoms with Crippen molar-refractivity contribution in [3.05, 3.63) is 12.3 Å². The summed E-state index contributed by atoms with van der Waals surface area (Å²) in [5.41, 5.74) is 0.324. The van der Waals surface area contributed by atoms with E-state index in [4.69, 9.17) is 0 Å². The molecular weight excluding hydrogens is 182 g/mol. The highest BCUT2D eigenvalue weighted by Crippen LogP contribution is 2.34. The topological polar surface area (TPSA) is 12.4 Å². The van der Waals surface area contributed by atoms with Crippen LogP contribution in [0.2, 0.25) is 0 Å². The summed E-state index contributed by atoms with van der Waals surface area (Å²) < 4.78 is 0. The Balaban J connectivity index is 2.34. The molecule has 1 aliphatic heterocycles. The zero-order valence-electron chi connectivity index (χ0n) is 10.3. The average molecular weight is 207 g/mol. The summed E-state index contributed by atoms with van der Waals surface area (Å²) in [6.45, 7) is 4.53. The molecule has 0 bridgehead atoms. The highest BCUT2D eigenvalue weighted by Gasteiger charge is 2.25. The molecule has 0 atom stereocenters. The van der Waals surface area contributed by atoms with E-state index in [0.29, 0.717) is 5.41 Å². The molecule has 1 heterocycles. The van der Waals surface area contributed by atoms with Gasteiger partial charge in [-0.3, -0.25) is 4.99 Å². The Kier molecular flexibility index (Phi) is 5.67. The van der Waals surface area contributed by atoms with Gasteiger partial charge in [0, 0.05) is 17.8 Å². The van der Waals surface area contributed by atoms with Gasteiger partial charge in [0.1, 0.15) is 0 Å². The molecule has 0 aromatic rings. The number of allylic oxidation sites excluding steroid dienone is 1. The number of unbranched alkanes of at least 4 members (excludes halogenated alkanes) is 4. The maximum atomic E-state index is 4.29. The molecule has 0 saturated heterocycles. The van der Waals surface area contributed by atoms with Gasteiger partial charge in [0.2, 0.25) is 0 Å². The molecule has 0 radical (unpaired) electrons. The monoisotopic (exact) mass is 207 g/mol. The van der Waals surface area contributed by atoms with Crippen molar-refractivity contribution in [3.8, 4) is 0 Å². The van der Waals surface area contributed by atoms with Crippen LogP contribution in [0.3, 0.4) is 0 Å². The van der Waals surface area contributed by atoms with Crippen LogP contribution in [-0.2, 0) is 0 Å². The van der Waals surface area contributed by atoms with Gasteiger partial charge in [-0.05, 0) is 12.8 Å². The van der Waals surface area contributed by atoms with E-state index in [-0.39, 0.29) is 0 Å². The summed E-state index contributed by atoms with van der Waals surface area (Å²) in [5.74, 6) is 0. The van der Waals surface area contributed by atoms with Gasteiger partial charge in [-0.1, -0.05) is 58.4 Å². The normalized spacial score (nSPS) is 17.5. The molecule has 0 aromatic heterocycles. The molecule has 86 valence electrons. The van der Waals surface area contributed by atoms with Crippen LogP contribution in [0.4, 0.5) is 0 Å². The molecular formula is C14H25N. The molecule has 0 amide bonds. The van der Waals surface area contributed by atoms with Gasteiger partial charge in [-0.15, -0.1) is 0 Å². The Bertz CT molecular complexity index is 191. The van der Waals surface area contributed by atoms with E-state index in [1.807, 2.05) is 6.20 Å². The van der Waals surface area contributed by atoms with E-state index in [9.17, 15) is 0 Å². The summed E-state index contributed by atoms with van der Waals surface area (Å²) in [6, 6.07) is 0. The fourth-order valence-corrected chi connectivity index (χ4v) is 2.25. The third-order valence-electron chi connectivity index (χ3n) is 3.32. The second kappa shape index (κ2) is 6.81. The summed E-state index contributed by atoms with van der Waals surface area (Å²) in [7, 11) is 0. The molecule has 0 N–H and O–H groups in total. The largest absolute Gasteiger partial charge is 0.268 e. The Hall–Kier alpha value is -0.590. The molecule has 0 aliphatic carbocycles. The molecule has 0 unspecified atom stereocenters. The summed E-state index contributed by atoms with van der Waals surface area (Å²) in [5, 5.41) is 0. The molecule has 0 fully saturated rings. The summed E-state index contributed by atoms with van der Waals surface area (Å²) in [6.07, 6.45) is 17.1. The van der Waals surface area contributed by atoms with Crippen molar-refractivity contribution in [2.75, 3.05) is 0 Å². The van der Waals surface area contributed by atoms with Crippen LogP contribution < -0.4 is 0 Å². The number of hydrogen-bond acceptors (Lipinski definition) is 1. The van der Waals surface area contributed by atoms with Crippen LogP contribution in [0.15, 0.2) is 17.3 Å². The van der Waals surface area contributed by atoms with Crippen LogP contribution in [0.5, 0.6) is 0 Å². The first-order valence-corrected chi connectivity index (χ1v) is 6.55. The van der Waals surface area contributed by atoms with Gasteiger partial charge in [-0.2, -0.15) is 0 Å². The predicted molar refractivity (Wildman–Crippen MR) is 68.3 cm³/mol. The smallest absolute Gasteiger partial charge is 0.0253 e. The van der Waals surface area contributed by atoms with Crippen molar-refractivity contribution in [1.29, 1.82) is 0 Å². The molecule has 0 aromatic carbocycles. The molecule has 0 saturated carbocycles. The molecule has 0 spiro atoms. The van der Waals surface area contributed by atoms with E-state index < -0.39 is 0 Å². The summed E-state index contributed by atoms with van der Waals surface area (Å²) >= 11 is 0. The number of hydrogen-bond donors (Lipinski definition) is 0. The van der Waals surface area contributed by atoms with Crippen molar-refractivity contribution in [2.45, 2.75) is 65.2 Å². The minimum absolute atomic E-state index is 0.324. The van der Waals surface area contributed by atoms with Crippen LogP contribution in [-0.4, -0.2) is 6.21 Å². The minimum atomic E-state index is 0.324. The third-order valence-corrected chi connectivity index (χ3v) is 3.32. The van der Waals surface area contributed by atoms with Gasteiger partial charge >= 0.3 is 0 Å². The lowest BCUT2D eigenvalue weighted by Crippen LogP contribution is -2.17. The Morgan fingerprint density at radius 1 is 0.933 bits per heavy atom. The zero-order valence-corrected chi connectivity index (χ0v) is 10.3. The quantitative estimate of drug-likeness (QED) is 0.510. The van der Waals surface area contributed by atoms with Crippen molar-refractivity contribution < 1.29 is 0 Å². The van der Waals surface area contributed by atoms with Crippen molar-refractivity contribution in [2.24, 2.45) is 10.4 Å². The highest BCUT2D eigenvalue weighted by atomic mass is 14.7. The molecule has 15 heavy (non-hydrogen) atoms. The Morgan fingerprint density at radius 2 is 1.53 bits per heavy atom. The molecule has 1 heteroatoms. The zero-order chi connectivity index (χ0) is 11.0. The third kappa shape index (κ3) is 4.19. The van der Waals surface area contributed by atoms with Crippen LogP contribution in [0.25, 0.3) is 0 Å². The van der Waals surface area contributed by atoms with Gasteiger partial charge in [0.15, 0.2) is 0 Å². The first kappa shape index (κ1) is 12.5. The number of nitrogens with zero attached hydrogens (tertiary/aromatic N) is 1. The van der Waals surface area contributed by atoms with Gasteiger partial charge in [-0.25, -0.2) is 0 Å². The van der Waals surface area contributed by atoms with Gasteiger partial charge in [0.05, 0.1) is 0 Å². The fraction of sp³-hybridized carbons (Fsp3) is 0.786. The minimum Gasteiger partial charge on any atom is -0.268 e. The van der Waals surface area contributed by atoms with E-state index >= 15 is 0 Å². The summed E-state index contributed by atoms with van der Waals surface area (Å²) in [4.78, 5) is 4.29. The lowest BCUT2D eigenvalue weighted by molar-refractivity contribution is 0.417. The molecule has 1 nitrogen and oxygen atoms in total.